The summed E-state index contributed by atoms with van der Waals surface area (Å²) in [6.07, 6.45) is 13.7. The smallest absolute Gasteiger partial charge is 0.411 e. The molecule has 0 spiro atoms. The highest BCUT2D eigenvalue weighted by molar-refractivity contribution is 5.71. The van der Waals surface area contributed by atoms with Gasteiger partial charge in [0.05, 0.1) is 18.7 Å². The van der Waals surface area contributed by atoms with Crippen LogP contribution in [-0.4, -0.2) is 41.4 Å². The number of allylic oxidation sites excluding steroid dienone is 3. The zero-order valence-corrected chi connectivity index (χ0v) is 12.0. The molecule has 1 fully saturated rings. The van der Waals surface area contributed by atoms with E-state index in [4.69, 9.17) is 9.84 Å². The van der Waals surface area contributed by atoms with Gasteiger partial charge in [0.25, 0.3) is 0 Å². The minimum Gasteiger partial charge on any atom is -0.450 e. The maximum absolute atomic E-state index is 12.1. The van der Waals surface area contributed by atoms with E-state index >= 15 is 0 Å². The lowest BCUT2D eigenvalue weighted by Crippen LogP contribution is -2.39. The molecular weight excluding hydrogens is 254 g/mol. The predicted octanol–water partition coefficient (Wildman–Crippen LogP) is 2.80. The molecule has 2 bridgehead atoms. The molecule has 4 heteroatoms. The van der Waals surface area contributed by atoms with Crippen molar-refractivity contribution in [1.29, 1.82) is 0 Å². The number of nitrogens with zero attached hydrogens (tertiary/aromatic N) is 1. The number of hydrogen-bond donors (Lipinski definition) is 1. The van der Waals surface area contributed by atoms with Gasteiger partial charge in [0.15, 0.2) is 0 Å². The van der Waals surface area contributed by atoms with E-state index in [1.54, 1.807) is 0 Å². The lowest BCUT2D eigenvalue weighted by atomic mass is 10.0. The third-order valence-electron chi connectivity index (χ3n) is 3.72. The van der Waals surface area contributed by atoms with Gasteiger partial charge in [-0.15, -0.1) is 0 Å². The van der Waals surface area contributed by atoms with Gasteiger partial charge in [0, 0.05) is 6.61 Å². The summed E-state index contributed by atoms with van der Waals surface area (Å²) in [6.45, 7) is 2.47. The van der Waals surface area contributed by atoms with Crippen LogP contribution in [0.15, 0.2) is 36.0 Å². The average Bonchev–Trinajstić information content (AvgIpc) is 2.62. The first-order chi connectivity index (χ1) is 9.77. The van der Waals surface area contributed by atoms with Crippen LogP contribution in [0.4, 0.5) is 4.79 Å². The van der Waals surface area contributed by atoms with Crippen molar-refractivity contribution < 1.29 is 14.6 Å². The van der Waals surface area contributed by atoms with Gasteiger partial charge in [-0.05, 0) is 38.2 Å². The Labute approximate surface area is 120 Å². The number of aliphatic hydroxyl groups is 1. The molecule has 2 rings (SSSR count). The van der Waals surface area contributed by atoms with Crippen molar-refractivity contribution in [3.63, 3.8) is 0 Å². The molecule has 4 nitrogen and oxygen atoms in total. The molecule has 0 radical (unpaired) electrons. The quantitative estimate of drug-likeness (QED) is 0.621. The number of carbonyl (C=O) groups excluding carboxylic acids is 1. The number of rotatable bonds is 5. The van der Waals surface area contributed by atoms with E-state index in [2.05, 4.69) is 18.2 Å². The molecule has 2 heterocycles. The molecule has 1 amide bonds. The summed E-state index contributed by atoms with van der Waals surface area (Å²) < 4.78 is 5.17. The van der Waals surface area contributed by atoms with E-state index < -0.39 is 0 Å². The van der Waals surface area contributed by atoms with Gasteiger partial charge in [-0.3, -0.25) is 4.90 Å². The van der Waals surface area contributed by atoms with E-state index in [1.807, 2.05) is 24.0 Å². The Morgan fingerprint density at radius 2 is 2.25 bits per heavy atom. The molecule has 1 saturated heterocycles. The second kappa shape index (κ2) is 7.29. The molecule has 0 aliphatic carbocycles. The van der Waals surface area contributed by atoms with Gasteiger partial charge in [-0.25, -0.2) is 4.79 Å². The van der Waals surface area contributed by atoms with E-state index in [0.29, 0.717) is 6.61 Å². The van der Waals surface area contributed by atoms with Crippen LogP contribution in [0.2, 0.25) is 0 Å². The van der Waals surface area contributed by atoms with Crippen molar-refractivity contribution in [1.82, 2.24) is 4.90 Å². The maximum atomic E-state index is 12.1. The van der Waals surface area contributed by atoms with E-state index in [0.717, 1.165) is 25.7 Å². The Morgan fingerprint density at radius 3 is 3.00 bits per heavy atom. The van der Waals surface area contributed by atoms with Crippen molar-refractivity contribution in [2.24, 2.45) is 0 Å². The van der Waals surface area contributed by atoms with Crippen LogP contribution in [-0.2, 0) is 4.74 Å². The number of carbonyl (C=O) groups is 1. The van der Waals surface area contributed by atoms with Gasteiger partial charge in [-0.1, -0.05) is 30.4 Å². The first kappa shape index (κ1) is 14.9. The molecule has 0 aromatic heterocycles. The summed E-state index contributed by atoms with van der Waals surface area (Å²) in [6, 6.07) is 0.112. The molecule has 20 heavy (non-hydrogen) atoms. The van der Waals surface area contributed by atoms with Crippen LogP contribution >= 0.6 is 0 Å². The minimum atomic E-state index is -0.238. The second-order valence-corrected chi connectivity index (χ2v) is 5.09. The summed E-state index contributed by atoms with van der Waals surface area (Å²) >= 11 is 0. The van der Waals surface area contributed by atoms with Gasteiger partial charge >= 0.3 is 6.09 Å². The van der Waals surface area contributed by atoms with Crippen LogP contribution in [0, 0.1) is 0 Å². The first-order valence-electron chi connectivity index (χ1n) is 7.37. The van der Waals surface area contributed by atoms with Crippen molar-refractivity contribution in [3.05, 3.63) is 36.0 Å². The fourth-order valence-corrected chi connectivity index (χ4v) is 2.78. The summed E-state index contributed by atoms with van der Waals surface area (Å²) in [5, 5.41) is 8.81. The summed E-state index contributed by atoms with van der Waals surface area (Å²) in [4.78, 5) is 13.9. The Hall–Kier alpha value is -1.55. The van der Waals surface area contributed by atoms with E-state index in [-0.39, 0.29) is 24.8 Å². The van der Waals surface area contributed by atoms with Gasteiger partial charge in [0.2, 0.25) is 0 Å². The molecule has 2 atom stereocenters. The molecule has 2 aliphatic rings. The molecular formula is C16H23NO3. The monoisotopic (exact) mass is 277 g/mol. The molecule has 1 N–H and O–H groups in total. The van der Waals surface area contributed by atoms with E-state index in [1.165, 1.54) is 5.57 Å². The van der Waals surface area contributed by atoms with Crippen LogP contribution in [0.25, 0.3) is 0 Å². The molecule has 0 aromatic rings. The Morgan fingerprint density at radius 1 is 1.45 bits per heavy atom. The number of unbranched alkanes of at least 4 members (excludes halogenated alkanes) is 2. The van der Waals surface area contributed by atoms with Crippen molar-refractivity contribution in [3.8, 4) is 0 Å². The molecule has 110 valence electrons. The normalized spacial score (nSPS) is 26.1. The van der Waals surface area contributed by atoms with Crippen LogP contribution in [0.3, 0.4) is 0 Å². The summed E-state index contributed by atoms with van der Waals surface area (Å²) in [5.41, 5.74) is 1.28. The standard InChI is InChI=1S/C16H23NO3/c1-2-20-16(19)17-14-9-5-6-10-15(17)13(12-14)8-4-3-7-11-18/h5-6,8-10,14-15,18H,2-4,7,11-12H2,1H3/b13-8+. The van der Waals surface area contributed by atoms with E-state index in [9.17, 15) is 4.79 Å². The average molecular weight is 277 g/mol. The Bertz CT molecular complexity index is 425. The lowest BCUT2D eigenvalue weighted by molar-refractivity contribution is 0.102. The highest BCUT2D eigenvalue weighted by Crippen LogP contribution is 2.33. The molecule has 0 saturated carbocycles. The second-order valence-electron chi connectivity index (χ2n) is 5.09. The predicted molar refractivity (Wildman–Crippen MR) is 78.4 cm³/mol. The maximum Gasteiger partial charge on any atom is 0.411 e. The zero-order valence-electron chi connectivity index (χ0n) is 12.0. The highest BCUT2D eigenvalue weighted by atomic mass is 16.6. The lowest BCUT2D eigenvalue weighted by Gasteiger charge is -2.25. The van der Waals surface area contributed by atoms with Crippen LogP contribution < -0.4 is 0 Å². The zero-order chi connectivity index (χ0) is 14.4. The number of fused-ring (bicyclic) bond motifs is 2. The number of hydrogen-bond acceptors (Lipinski definition) is 3. The third-order valence-corrected chi connectivity index (χ3v) is 3.72. The summed E-state index contributed by atoms with van der Waals surface area (Å²) in [5.74, 6) is 0. The number of aliphatic hydroxyl groups excluding tert-OH is 1. The van der Waals surface area contributed by atoms with Gasteiger partial charge < -0.3 is 9.84 Å². The third kappa shape index (κ3) is 3.31. The van der Waals surface area contributed by atoms with Crippen LogP contribution in [0.1, 0.15) is 32.6 Å². The van der Waals surface area contributed by atoms with Crippen molar-refractivity contribution in [2.75, 3.05) is 13.2 Å². The first-order valence-corrected chi connectivity index (χ1v) is 7.37. The van der Waals surface area contributed by atoms with Crippen molar-refractivity contribution >= 4 is 6.09 Å². The Kier molecular flexibility index (Phi) is 5.41. The molecule has 2 unspecified atom stereocenters. The van der Waals surface area contributed by atoms with Crippen LogP contribution in [0.5, 0.6) is 0 Å². The van der Waals surface area contributed by atoms with Crippen molar-refractivity contribution in [2.45, 2.75) is 44.7 Å². The number of amides is 1. The SMILES string of the molecule is CCOC(=O)N1C2C=CC=CC1/C(=C/CCCCO)C2. The van der Waals surface area contributed by atoms with Gasteiger partial charge in [-0.2, -0.15) is 0 Å². The summed E-state index contributed by atoms with van der Waals surface area (Å²) in [7, 11) is 0. The number of ether oxygens (including phenoxy) is 1. The fourth-order valence-electron chi connectivity index (χ4n) is 2.78. The molecule has 2 aliphatic heterocycles. The minimum absolute atomic E-state index is 0.0168. The molecule has 0 aromatic carbocycles. The Balaban J connectivity index is 2.09. The largest absolute Gasteiger partial charge is 0.450 e. The fraction of sp³-hybridized carbons (Fsp3) is 0.562. The van der Waals surface area contributed by atoms with Gasteiger partial charge in [0.1, 0.15) is 0 Å². The highest BCUT2D eigenvalue weighted by Gasteiger charge is 2.38. The topological polar surface area (TPSA) is 49.8 Å².